The number of hydrogen-bond acceptors (Lipinski definition) is 0. The van der Waals surface area contributed by atoms with Crippen LogP contribution in [0.1, 0.15) is 5.56 Å². The molecule has 1 aromatic rings. The molecule has 0 atom stereocenters. The largest absolute Gasteiger partial charge is 0.269 e. The minimum atomic E-state index is 0. The number of alkyl halides is 2. The van der Waals surface area contributed by atoms with Gasteiger partial charge in [0.15, 0.2) is 0 Å². The van der Waals surface area contributed by atoms with Crippen molar-refractivity contribution >= 4 is 60.4 Å². The molecule has 0 nitrogen and oxygen atoms in total. The molecule has 0 radical (unpaired) electrons. The van der Waals surface area contributed by atoms with Crippen LogP contribution in [-0.2, 0) is 0 Å². The standard InChI is InChI=1S/C7H8.CH2Cl2.3ClH.FH/c1-7-5-3-2-4-6-7;2-1-3;;;;/h2-6H,1H3;1H2;4*1H. The van der Waals surface area contributed by atoms with Crippen LogP contribution >= 0.6 is 60.4 Å². The SMILES string of the molecule is Cc1ccccc1.Cl.Cl.Cl.ClCCl.F. The average molecular weight is 306 g/mol. The van der Waals surface area contributed by atoms with Gasteiger partial charge in [-0.05, 0) is 6.92 Å². The van der Waals surface area contributed by atoms with Crippen molar-refractivity contribution in [2.45, 2.75) is 6.92 Å². The van der Waals surface area contributed by atoms with Gasteiger partial charge in [0.1, 0.15) is 0 Å². The van der Waals surface area contributed by atoms with Crippen LogP contribution in [-0.4, -0.2) is 5.34 Å². The van der Waals surface area contributed by atoms with E-state index in [0.717, 1.165) is 0 Å². The predicted molar refractivity (Wildman–Crippen MR) is 72.0 cm³/mol. The highest BCUT2D eigenvalue weighted by Crippen LogP contribution is 1.92. The van der Waals surface area contributed by atoms with Crippen molar-refractivity contribution < 1.29 is 4.70 Å². The maximum Gasteiger partial charge on any atom is 0.0967 e. The molecular formula is C8H14Cl5F. The Kier molecular flexibility index (Phi) is 49.0. The highest BCUT2D eigenvalue weighted by molar-refractivity contribution is 6.40. The Morgan fingerprint density at radius 2 is 1.21 bits per heavy atom. The third-order valence-electron chi connectivity index (χ3n) is 0.940. The smallest absolute Gasteiger partial charge is 0.0967 e. The molecule has 0 amide bonds. The third kappa shape index (κ3) is 22.9. The number of aryl methyl sites for hydroxylation is 1. The van der Waals surface area contributed by atoms with Crippen molar-refractivity contribution in [3.05, 3.63) is 35.9 Å². The summed E-state index contributed by atoms with van der Waals surface area (Å²) in [5.41, 5.74) is 1.32. The predicted octanol–water partition coefficient (Wildman–Crippen LogP) is 4.83. The molecule has 0 heterocycles. The summed E-state index contributed by atoms with van der Waals surface area (Å²) in [4.78, 5) is 0. The monoisotopic (exact) mass is 304 g/mol. The minimum Gasteiger partial charge on any atom is -0.269 e. The lowest BCUT2D eigenvalue weighted by Crippen LogP contribution is -1.62. The quantitative estimate of drug-likeness (QED) is 0.602. The summed E-state index contributed by atoms with van der Waals surface area (Å²) in [6, 6.07) is 10.3. The fourth-order valence-electron chi connectivity index (χ4n) is 0.534. The first-order valence-electron chi connectivity index (χ1n) is 2.95. The Morgan fingerprint density at radius 3 is 1.36 bits per heavy atom. The highest BCUT2D eigenvalue weighted by Gasteiger charge is 1.72. The molecule has 0 aliphatic carbocycles. The van der Waals surface area contributed by atoms with Crippen molar-refractivity contribution in [2.75, 3.05) is 5.34 Å². The third-order valence-corrected chi connectivity index (χ3v) is 0.940. The number of hydrogen-bond donors (Lipinski definition) is 0. The molecule has 0 N–H and O–H groups in total. The molecule has 88 valence electrons. The molecule has 6 heteroatoms. The van der Waals surface area contributed by atoms with E-state index >= 15 is 0 Å². The molecule has 0 aromatic heterocycles. The average Bonchev–Trinajstić information content (AvgIpc) is 1.91. The van der Waals surface area contributed by atoms with Gasteiger partial charge in [-0.2, -0.15) is 0 Å². The Bertz CT molecular complexity index is 159. The first-order valence-corrected chi connectivity index (χ1v) is 4.01. The van der Waals surface area contributed by atoms with Crippen LogP contribution in [0.15, 0.2) is 30.3 Å². The van der Waals surface area contributed by atoms with Crippen LogP contribution in [0.3, 0.4) is 0 Å². The topological polar surface area (TPSA) is 0 Å². The van der Waals surface area contributed by atoms with E-state index in [-0.39, 0.29) is 47.3 Å². The van der Waals surface area contributed by atoms with Gasteiger partial charge in [-0.1, -0.05) is 35.9 Å². The van der Waals surface area contributed by atoms with E-state index < -0.39 is 0 Å². The van der Waals surface area contributed by atoms with Crippen LogP contribution < -0.4 is 0 Å². The van der Waals surface area contributed by atoms with Crippen LogP contribution in [0.5, 0.6) is 0 Å². The highest BCUT2D eigenvalue weighted by atomic mass is 35.5. The lowest BCUT2D eigenvalue weighted by atomic mass is 10.2. The molecule has 0 aliphatic heterocycles. The molecule has 14 heavy (non-hydrogen) atoms. The van der Waals surface area contributed by atoms with Gasteiger partial charge in [0.25, 0.3) is 0 Å². The second-order valence-electron chi connectivity index (χ2n) is 1.76. The Morgan fingerprint density at radius 1 is 0.929 bits per heavy atom. The van der Waals surface area contributed by atoms with Gasteiger partial charge in [-0.25, -0.2) is 0 Å². The molecular weight excluding hydrogens is 292 g/mol. The van der Waals surface area contributed by atoms with Crippen LogP contribution in [0, 0.1) is 6.92 Å². The van der Waals surface area contributed by atoms with E-state index in [1.807, 2.05) is 18.2 Å². The minimum absolute atomic E-state index is 0. The van der Waals surface area contributed by atoms with Gasteiger partial charge in [-0.3, -0.25) is 4.70 Å². The first kappa shape index (κ1) is 29.3. The number of benzene rings is 1. The first-order chi connectivity index (χ1) is 4.81. The van der Waals surface area contributed by atoms with Gasteiger partial charge in [0.2, 0.25) is 0 Å². The fraction of sp³-hybridized carbons (Fsp3) is 0.250. The van der Waals surface area contributed by atoms with E-state index in [1.165, 1.54) is 5.56 Å². The maximum atomic E-state index is 4.76. The van der Waals surface area contributed by atoms with E-state index in [0.29, 0.717) is 0 Å². The summed E-state index contributed by atoms with van der Waals surface area (Å²) in [5.74, 6) is 0. The number of rotatable bonds is 0. The van der Waals surface area contributed by atoms with E-state index in [1.54, 1.807) is 0 Å². The van der Waals surface area contributed by atoms with Crippen LogP contribution in [0.25, 0.3) is 0 Å². The molecule has 0 bridgehead atoms. The summed E-state index contributed by atoms with van der Waals surface area (Å²) >= 11 is 9.53. The van der Waals surface area contributed by atoms with Crippen LogP contribution in [0.2, 0.25) is 0 Å². The Balaban J connectivity index is -0.0000000355. The van der Waals surface area contributed by atoms with Gasteiger partial charge in [0.05, 0.1) is 5.34 Å². The normalized spacial score (nSPS) is 5.64. The molecule has 1 aromatic carbocycles. The van der Waals surface area contributed by atoms with Crippen LogP contribution in [0.4, 0.5) is 4.70 Å². The fourth-order valence-corrected chi connectivity index (χ4v) is 0.534. The zero-order valence-electron chi connectivity index (χ0n) is 7.48. The molecule has 0 saturated heterocycles. The van der Waals surface area contributed by atoms with Crippen molar-refractivity contribution in [1.29, 1.82) is 0 Å². The maximum absolute atomic E-state index is 4.76. The lowest BCUT2D eigenvalue weighted by Gasteiger charge is -1.82. The Hall–Kier alpha value is 0.600. The zero-order chi connectivity index (χ0) is 7.82. The van der Waals surface area contributed by atoms with Crippen molar-refractivity contribution in [2.24, 2.45) is 0 Å². The molecule has 0 saturated carbocycles. The van der Waals surface area contributed by atoms with Gasteiger partial charge in [-0.15, -0.1) is 60.4 Å². The van der Waals surface area contributed by atoms with E-state index in [4.69, 9.17) is 23.2 Å². The lowest BCUT2D eigenvalue weighted by molar-refractivity contribution is 1.11. The molecule has 0 aliphatic rings. The zero-order valence-corrected chi connectivity index (χ0v) is 11.4. The molecule has 1 rings (SSSR count). The second-order valence-corrected chi connectivity index (χ2v) is 2.56. The summed E-state index contributed by atoms with van der Waals surface area (Å²) in [7, 11) is 0. The summed E-state index contributed by atoms with van der Waals surface area (Å²) in [6.07, 6.45) is 0. The summed E-state index contributed by atoms with van der Waals surface area (Å²) in [6.45, 7) is 2.08. The molecule has 0 fully saturated rings. The van der Waals surface area contributed by atoms with Crippen molar-refractivity contribution in [3.63, 3.8) is 0 Å². The molecule has 0 unspecified atom stereocenters. The van der Waals surface area contributed by atoms with Crippen molar-refractivity contribution in [3.8, 4) is 0 Å². The Labute approximate surface area is 113 Å². The summed E-state index contributed by atoms with van der Waals surface area (Å²) in [5, 5.41) is 0.194. The summed E-state index contributed by atoms with van der Waals surface area (Å²) < 4.78 is 0. The van der Waals surface area contributed by atoms with E-state index in [9.17, 15) is 0 Å². The van der Waals surface area contributed by atoms with Gasteiger partial charge >= 0.3 is 0 Å². The van der Waals surface area contributed by atoms with Crippen molar-refractivity contribution in [1.82, 2.24) is 0 Å². The van der Waals surface area contributed by atoms with E-state index in [2.05, 4.69) is 19.1 Å². The molecule has 0 spiro atoms. The second kappa shape index (κ2) is 23.4. The van der Waals surface area contributed by atoms with Gasteiger partial charge < -0.3 is 0 Å². The van der Waals surface area contributed by atoms with Gasteiger partial charge in [0, 0.05) is 0 Å². The number of halogens is 6.